The fourth-order valence-electron chi connectivity index (χ4n) is 2.47. The third-order valence-electron chi connectivity index (χ3n) is 3.49. The molecule has 0 radical (unpaired) electrons. The number of carbonyl (C=O) groups is 1. The highest BCUT2D eigenvalue weighted by atomic mass is 79.9. The van der Waals surface area contributed by atoms with Gasteiger partial charge in [-0.3, -0.25) is 0 Å². The van der Waals surface area contributed by atoms with Crippen LogP contribution in [-0.2, 0) is 0 Å². The third-order valence-corrected chi connectivity index (χ3v) is 3.98. The van der Waals surface area contributed by atoms with Crippen molar-refractivity contribution in [3.05, 3.63) is 46.3 Å². The molecule has 1 aliphatic heterocycles. The Morgan fingerprint density at radius 1 is 1.50 bits per heavy atom. The van der Waals surface area contributed by atoms with Crippen molar-refractivity contribution >= 4 is 27.9 Å². The maximum atomic E-state index is 10.8. The highest BCUT2D eigenvalue weighted by molar-refractivity contribution is 9.10. The second-order valence-electron chi connectivity index (χ2n) is 4.81. The van der Waals surface area contributed by atoms with Gasteiger partial charge in [0.15, 0.2) is 5.69 Å². The minimum atomic E-state index is -1.07. The molecule has 1 saturated heterocycles. The molecule has 104 valence electrons. The summed E-state index contributed by atoms with van der Waals surface area (Å²) in [6.45, 7) is 1.60. The number of halogens is 1. The van der Waals surface area contributed by atoms with Gasteiger partial charge in [-0.1, -0.05) is 28.1 Å². The predicted molar refractivity (Wildman–Crippen MR) is 77.2 cm³/mol. The molecular weight excluding hydrogens is 324 g/mol. The Labute approximate surface area is 124 Å². The van der Waals surface area contributed by atoms with Gasteiger partial charge in [0, 0.05) is 23.5 Å². The number of carboxylic acid groups (broad SMARTS) is 1. The topological polar surface area (TPSA) is 66.6 Å². The van der Waals surface area contributed by atoms with Crippen LogP contribution in [-0.4, -0.2) is 29.1 Å². The number of nitrogens with zero attached hydrogens (tertiary/aromatic N) is 2. The molecule has 0 spiro atoms. The lowest BCUT2D eigenvalue weighted by Gasteiger charge is -2.14. The van der Waals surface area contributed by atoms with Crippen molar-refractivity contribution in [1.29, 1.82) is 0 Å². The van der Waals surface area contributed by atoms with Gasteiger partial charge in [-0.2, -0.15) is 4.98 Å². The summed E-state index contributed by atoms with van der Waals surface area (Å²) in [4.78, 5) is 16.8. The van der Waals surface area contributed by atoms with Gasteiger partial charge < -0.3 is 14.4 Å². The van der Waals surface area contributed by atoms with E-state index in [1.165, 1.54) is 11.8 Å². The standard InChI is InChI=1S/C14H13BrN2O3/c15-11-3-1-2-9(6-11)10-4-5-17(7-10)14-16-12(8-20-14)13(18)19/h1-3,6,8,10H,4-5,7H2,(H,18,19). The van der Waals surface area contributed by atoms with E-state index in [4.69, 9.17) is 9.52 Å². The van der Waals surface area contributed by atoms with Crippen LogP contribution in [0.15, 0.2) is 39.4 Å². The first-order valence-electron chi connectivity index (χ1n) is 6.33. The van der Waals surface area contributed by atoms with Crippen LogP contribution in [0.4, 0.5) is 6.01 Å². The average Bonchev–Trinajstić information content (AvgIpc) is 3.08. The number of aromatic carboxylic acids is 1. The van der Waals surface area contributed by atoms with Crippen molar-refractivity contribution in [2.24, 2.45) is 0 Å². The Bertz CT molecular complexity index is 641. The summed E-state index contributed by atoms with van der Waals surface area (Å²) in [5.74, 6) is -0.657. The first kappa shape index (κ1) is 13.2. The molecule has 1 aromatic heterocycles. The maximum Gasteiger partial charge on any atom is 0.357 e. The van der Waals surface area contributed by atoms with Crippen LogP contribution in [0.2, 0.25) is 0 Å². The molecule has 1 unspecified atom stereocenters. The largest absolute Gasteiger partial charge is 0.476 e. The summed E-state index contributed by atoms with van der Waals surface area (Å²) in [6, 6.07) is 8.64. The molecule has 0 aliphatic carbocycles. The molecule has 1 aliphatic rings. The molecule has 1 atom stereocenters. The lowest BCUT2D eigenvalue weighted by molar-refractivity contribution is 0.0690. The zero-order valence-electron chi connectivity index (χ0n) is 10.6. The van der Waals surface area contributed by atoms with Crippen LogP contribution in [0.25, 0.3) is 0 Å². The molecule has 2 aromatic rings. The van der Waals surface area contributed by atoms with Crippen LogP contribution in [0.1, 0.15) is 28.4 Å². The zero-order chi connectivity index (χ0) is 14.1. The molecule has 0 amide bonds. The molecule has 0 bridgehead atoms. The average molecular weight is 337 g/mol. The molecule has 3 rings (SSSR count). The van der Waals surface area contributed by atoms with Gasteiger partial charge in [0.1, 0.15) is 6.26 Å². The van der Waals surface area contributed by atoms with E-state index >= 15 is 0 Å². The van der Waals surface area contributed by atoms with E-state index in [9.17, 15) is 4.79 Å². The lowest BCUT2D eigenvalue weighted by atomic mass is 9.99. The number of hydrogen-bond acceptors (Lipinski definition) is 4. The summed E-state index contributed by atoms with van der Waals surface area (Å²) in [5.41, 5.74) is 1.22. The van der Waals surface area contributed by atoms with Gasteiger partial charge in [-0.25, -0.2) is 4.79 Å². The van der Waals surface area contributed by atoms with E-state index in [-0.39, 0.29) is 5.69 Å². The lowest BCUT2D eigenvalue weighted by Crippen LogP contribution is -2.19. The summed E-state index contributed by atoms with van der Waals surface area (Å²) < 4.78 is 6.31. The molecule has 5 nitrogen and oxygen atoms in total. The number of anilines is 1. The number of benzene rings is 1. The van der Waals surface area contributed by atoms with Crippen LogP contribution >= 0.6 is 15.9 Å². The van der Waals surface area contributed by atoms with Crippen molar-refractivity contribution in [3.63, 3.8) is 0 Å². The molecule has 1 aromatic carbocycles. The number of aromatic nitrogens is 1. The first-order chi connectivity index (χ1) is 9.63. The smallest absolute Gasteiger partial charge is 0.357 e. The Morgan fingerprint density at radius 2 is 2.35 bits per heavy atom. The normalized spacial score (nSPS) is 18.4. The SMILES string of the molecule is O=C(O)c1coc(N2CCC(c3cccc(Br)c3)C2)n1. The molecule has 0 saturated carbocycles. The Balaban J connectivity index is 1.74. The highest BCUT2D eigenvalue weighted by Gasteiger charge is 2.27. The minimum Gasteiger partial charge on any atom is -0.476 e. The van der Waals surface area contributed by atoms with Gasteiger partial charge >= 0.3 is 5.97 Å². The van der Waals surface area contributed by atoms with E-state index in [1.807, 2.05) is 17.0 Å². The number of hydrogen-bond donors (Lipinski definition) is 1. The molecule has 2 heterocycles. The van der Waals surface area contributed by atoms with E-state index < -0.39 is 5.97 Å². The van der Waals surface area contributed by atoms with Gasteiger partial charge in [-0.15, -0.1) is 0 Å². The van der Waals surface area contributed by atoms with Crippen LogP contribution < -0.4 is 4.90 Å². The van der Waals surface area contributed by atoms with Crippen molar-refractivity contribution < 1.29 is 14.3 Å². The third kappa shape index (κ3) is 2.56. The zero-order valence-corrected chi connectivity index (χ0v) is 12.2. The fourth-order valence-corrected chi connectivity index (χ4v) is 2.89. The Hall–Kier alpha value is -1.82. The number of oxazole rings is 1. The van der Waals surface area contributed by atoms with Crippen LogP contribution in [0.5, 0.6) is 0 Å². The second kappa shape index (κ2) is 5.28. The van der Waals surface area contributed by atoms with Crippen molar-refractivity contribution in [3.8, 4) is 0 Å². The monoisotopic (exact) mass is 336 g/mol. The van der Waals surface area contributed by atoms with E-state index in [2.05, 4.69) is 33.0 Å². The maximum absolute atomic E-state index is 10.8. The molecule has 1 fully saturated rings. The molecular formula is C14H13BrN2O3. The predicted octanol–water partition coefficient (Wildman–Crippen LogP) is 3.13. The Morgan fingerprint density at radius 3 is 3.05 bits per heavy atom. The van der Waals surface area contributed by atoms with E-state index in [0.717, 1.165) is 24.0 Å². The quantitative estimate of drug-likeness (QED) is 0.932. The summed E-state index contributed by atoms with van der Waals surface area (Å²) >= 11 is 3.48. The van der Waals surface area contributed by atoms with Crippen LogP contribution in [0.3, 0.4) is 0 Å². The number of carboxylic acids is 1. The minimum absolute atomic E-state index is 0.0501. The van der Waals surface area contributed by atoms with Gasteiger partial charge in [0.25, 0.3) is 6.01 Å². The first-order valence-corrected chi connectivity index (χ1v) is 7.12. The summed E-state index contributed by atoms with van der Waals surface area (Å²) in [7, 11) is 0. The van der Waals surface area contributed by atoms with E-state index in [0.29, 0.717) is 11.9 Å². The summed E-state index contributed by atoms with van der Waals surface area (Å²) in [6.07, 6.45) is 2.19. The van der Waals surface area contributed by atoms with Gasteiger partial charge in [0.05, 0.1) is 0 Å². The molecule has 20 heavy (non-hydrogen) atoms. The van der Waals surface area contributed by atoms with Gasteiger partial charge in [-0.05, 0) is 24.1 Å². The number of rotatable bonds is 3. The van der Waals surface area contributed by atoms with Gasteiger partial charge in [0.2, 0.25) is 0 Å². The van der Waals surface area contributed by atoms with Crippen molar-refractivity contribution in [2.75, 3.05) is 18.0 Å². The van der Waals surface area contributed by atoms with Crippen LogP contribution in [0, 0.1) is 0 Å². The van der Waals surface area contributed by atoms with E-state index in [1.54, 1.807) is 0 Å². The highest BCUT2D eigenvalue weighted by Crippen LogP contribution is 2.31. The Kier molecular flexibility index (Phi) is 3.48. The summed E-state index contributed by atoms with van der Waals surface area (Å²) in [5, 5.41) is 8.86. The fraction of sp³-hybridized carbons (Fsp3) is 0.286. The van der Waals surface area contributed by atoms with Crippen molar-refractivity contribution in [1.82, 2.24) is 4.98 Å². The second-order valence-corrected chi connectivity index (χ2v) is 5.72. The molecule has 6 heteroatoms. The van der Waals surface area contributed by atoms with Crippen molar-refractivity contribution in [2.45, 2.75) is 12.3 Å². The molecule has 1 N–H and O–H groups in total.